The predicted molar refractivity (Wildman–Crippen MR) is 34.2 cm³/mol. The lowest BCUT2D eigenvalue weighted by atomic mass is 10.3. The Morgan fingerprint density at radius 2 is 2.18 bits per heavy atom. The molecule has 0 aliphatic rings. The van der Waals surface area contributed by atoms with Gasteiger partial charge in [-0.1, -0.05) is 11.6 Å². The van der Waals surface area contributed by atoms with Gasteiger partial charge in [0.25, 0.3) is 0 Å². The van der Waals surface area contributed by atoms with Crippen molar-refractivity contribution in [1.29, 1.82) is 0 Å². The van der Waals surface area contributed by atoms with Crippen molar-refractivity contribution in [2.24, 2.45) is 0 Å². The van der Waals surface area contributed by atoms with E-state index in [0.29, 0.717) is 0 Å². The summed E-state index contributed by atoms with van der Waals surface area (Å²) in [7, 11) is 0. The smallest absolute Gasteiger partial charge is 0.252 e. The Kier molecular flexibility index (Phi) is 1.22. The van der Waals surface area contributed by atoms with Crippen LogP contribution in [-0.4, -0.2) is 4.98 Å². The van der Waals surface area contributed by atoms with E-state index in [1.54, 1.807) is 0 Å². The molecule has 1 aromatic rings. The lowest BCUT2D eigenvalue weighted by molar-refractivity contribution is -0.141. The van der Waals surface area contributed by atoms with Crippen molar-refractivity contribution in [2.75, 3.05) is 0 Å². The number of rotatable bonds is 0. The average Bonchev–Trinajstić information content (AvgIpc) is 2.06. The Morgan fingerprint density at radius 3 is 2.73 bits per heavy atom. The van der Waals surface area contributed by atoms with Crippen molar-refractivity contribution in [1.82, 2.24) is 4.98 Å². The molecule has 0 aliphatic carbocycles. The second-order valence-corrected chi connectivity index (χ2v) is 2.01. The molecule has 0 unspecified atom stereocenters. The van der Waals surface area contributed by atoms with Crippen molar-refractivity contribution in [3.63, 3.8) is 0 Å². The highest BCUT2D eigenvalue weighted by molar-refractivity contribution is 6.30. The Morgan fingerprint density at radius 1 is 1.55 bits per heavy atom. The van der Waals surface area contributed by atoms with Gasteiger partial charge >= 0.3 is 6.18 Å². The zero-order chi connectivity index (χ0) is 11.1. The molecule has 0 bridgehead atoms. The minimum Gasteiger partial charge on any atom is -0.252 e. The van der Waals surface area contributed by atoms with Gasteiger partial charge in [-0.25, -0.2) is 0 Å². The molecule has 0 amide bonds. The summed E-state index contributed by atoms with van der Waals surface area (Å²) >= 11 is 5.26. The first kappa shape index (κ1) is 4.98. The second kappa shape index (κ2) is 2.70. The fraction of sp³-hybridized carbons (Fsp3) is 0.167. The van der Waals surface area contributed by atoms with Crippen LogP contribution in [0.4, 0.5) is 13.2 Å². The quantitative estimate of drug-likeness (QED) is 0.604. The standard InChI is InChI=1S/C6H3ClF3N/c7-4-1-2-11-5(3-4)6(8,9)10/h1-3H/i1D,2D,3D. The summed E-state index contributed by atoms with van der Waals surface area (Å²) in [6.45, 7) is 0. The van der Waals surface area contributed by atoms with Crippen LogP contribution in [-0.2, 0) is 6.18 Å². The molecule has 0 atom stereocenters. The molecule has 1 heterocycles. The minimum absolute atomic E-state index is 0.676. The molecule has 0 fully saturated rings. The van der Waals surface area contributed by atoms with Gasteiger partial charge in [-0.3, -0.25) is 4.98 Å². The van der Waals surface area contributed by atoms with Gasteiger partial charge in [0.1, 0.15) is 5.69 Å². The molecule has 0 spiro atoms. The van der Waals surface area contributed by atoms with Gasteiger partial charge in [0, 0.05) is 11.2 Å². The molecule has 0 saturated carbocycles. The largest absolute Gasteiger partial charge is 0.433 e. The number of nitrogens with zero attached hydrogens (tertiary/aromatic N) is 1. The van der Waals surface area contributed by atoms with Crippen LogP contribution in [0.25, 0.3) is 0 Å². The van der Waals surface area contributed by atoms with E-state index in [2.05, 4.69) is 4.98 Å². The molecule has 1 aromatic heterocycles. The first-order chi connectivity index (χ1) is 6.25. The third kappa shape index (κ3) is 2.08. The third-order valence-electron chi connectivity index (χ3n) is 0.830. The highest BCUT2D eigenvalue weighted by atomic mass is 35.5. The lowest BCUT2D eigenvalue weighted by Gasteiger charge is -2.03. The van der Waals surface area contributed by atoms with Crippen LogP contribution in [0.2, 0.25) is 5.02 Å². The van der Waals surface area contributed by atoms with E-state index in [-0.39, 0.29) is 0 Å². The molecule has 0 radical (unpaired) electrons. The average molecular weight is 185 g/mol. The van der Waals surface area contributed by atoms with Crippen LogP contribution >= 0.6 is 11.6 Å². The number of hydrogen-bond donors (Lipinski definition) is 0. The molecule has 0 saturated heterocycles. The zero-order valence-electron chi connectivity index (χ0n) is 7.96. The molecule has 1 nitrogen and oxygen atoms in total. The van der Waals surface area contributed by atoms with Crippen molar-refractivity contribution in [3.05, 3.63) is 29.0 Å². The number of pyridine rings is 1. The Labute approximate surface area is 70.0 Å². The molecule has 0 aromatic carbocycles. The molecule has 0 N–H and O–H groups in total. The van der Waals surface area contributed by atoms with Crippen molar-refractivity contribution in [3.8, 4) is 0 Å². The normalized spacial score (nSPS) is 15.5. The van der Waals surface area contributed by atoms with Gasteiger partial charge in [-0.15, -0.1) is 0 Å². The SMILES string of the molecule is [2H]c1nc(C(F)(F)F)c([2H])c(Cl)c1[2H]. The maximum absolute atomic E-state index is 12.2. The first-order valence-corrected chi connectivity index (χ1v) is 2.83. The molecule has 1 rings (SSSR count). The predicted octanol–water partition coefficient (Wildman–Crippen LogP) is 2.75. The summed E-state index contributed by atoms with van der Waals surface area (Å²) < 4.78 is 57.4. The van der Waals surface area contributed by atoms with E-state index < -0.39 is 35.2 Å². The van der Waals surface area contributed by atoms with E-state index in [1.807, 2.05) is 0 Å². The van der Waals surface area contributed by atoms with E-state index >= 15 is 0 Å². The second-order valence-electron chi connectivity index (χ2n) is 1.63. The molecular formula is C6H3ClF3N. The van der Waals surface area contributed by atoms with E-state index in [9.17, 15) is 13.2 Å². The summed E-state index contributed by atoms with van der Waals surface area (Å²) in [5, 5.41) is -0.711. The van der Waals surface area contributed by atoms with Crippen LogP contribution in [0.3, 0.4) is 0 Å². The van der Waals surface area contributed by atoms with Crippen molar-refractivity contribution < 1.29 is 17.3 Å². The van der Waals surface area contributed by atoms with Crippen molar-refractivity contribution >= 4 is 11.6 Å². The summed E-state index contributed by atoms with van der Waals surface area (Å²) in [4.78, 5) is 2.79. The summed E-state index contributed by atoms with van der Waals surface area (Å²) in [5.41, 5.74) is -1.54. The third-order valence-corrected chi connectivity index (χ3v) is 1.02. The highest BCUT2D eigenvalue weighted by Crippen LogP contribution is 2.28. The zero-order valence-corrected chi connectivity index (χ0v) is 5.72. The summed E-state index contributed by atoms with van der Waals surface area (Å²) in [5.74, 6) is 0. The molecule has 60 valence electrons. The van der Waals surface area contributed by atoms with E-state index in [4.69, 9.17) is 15.7 Å². The van der Waals surface area contributed by atoms with Gasteiger partial charge in [-0.2, -0.15) is 13.2 Å². The van der Waals surface area contributed by atoms with Gasteiger partial charge in [0.2, 0.25) is 0 Å². The van der Waals surface area contributed by atoms with Gasteiger partial charge in [-0.05, 0) is 12.1 Å². The highest BCUT2D eigenvalue weighted by Gasteiger charge is 2.32. The lowest BCUT2D eigenvalue weighted by Crippen LogP contribution is -2.06. The van der Waals surface area contributed by atoms with Crippen LogP contribution in [0.15, 0.2) is 18.3 Å². The fourth-order valence-electron chi connectivity index (χ4n) is 0.430. The topological polar surface area (TPSA) is 12.9 Å². The van der Waals surface area contributed by atoms with E-state index in [1.165, 1.54) is 0 Å². The maximum atomic E-state index is 12.2. The van der Waals surface area contributed by atoms with Gasteiger partial charge in [0.05, 0.1) is 4.11 Å². The van der Waals surface area contributed by atoms with Gasteiger partial charge < -0.3 is 0 Å². The maximum Gasteiger partial charge on any atom is 0.433 e. The summed E-state index contributed by atoms with van der Waals surface area (Å²) in [6, 6.07) is -1.75. The summed E-state index contributed by atoms with van der Waals surface area (Å²) in [6.07, 6.45) is -5.72. The number of halogens is 4. The van der Waals surface area contributed by atoms with Crippen LogP contribution in [0.1, 0.15) is 9.81 Å². The Bertz CT molecular complexity index is 380. The molecule has 11 heavy (non-hydrogen) atoms. The van der Waals surface area contributed by atoms with E-state index in [0.717, 1.165) is 0 Å². The van der Waals surface area contributed by atoms with Crippen LogP contribution in [0, 0.1) is 0 Å². The molecule has 5 heteroatoms. The number of hydrogen-bond acceptors (Lipinski definition) is 1. The number of alkyl halides is 3. The minimum atomic E-state index is -4.83. The molecule has 0 aliphatic heterocycles. The molecular weight excluding hydrogens is 179 g/mol. The Balaban J connectivity index is 3.49. The van der Waals surface area contributed by atoms with Crippen LogP contribution < -0.4 is 0 Å². The first-order valence-electron chi connectivity index (χ1n) is 3.95. The monoisotopic (exact) mass is 184 g/mol. The fourth-order valence-corrected chi connectivity index (χ4v) is 0.562. The van der Waals surface area contributed by atoms with Crippen LogP contribution in [0.5, 0.6) is 0 Å². The Hall–Kier alpha value is -0.770. The van der Waals surface area contributed by atoms with Crippen molar-refractivity contribution in [2.45, 2.75) is 6.18 Å². The van der Waals surface area contributed by atoms with Gasteiger partial charge in [0.15, 0.2) is 0 Å². The number of aromatic nitrogens is 1.